The van der Waals surface area contributed by atoms with Gasteiger partial charge in [0.2, 0.25) is 0 Å². The van der Waals surface area contributed by atoms with Gasteiger partial charge in [0.05, 0.1) is 43.8 Å². The average Bonchev–Trinajstić information content (AvgIpc) is 3.32. The molecule has 2 N–H and O–H groups in total. The van der Waals surface area contributed by atoms with Gasteiger partial charge in [0, 0.05) is 11.5 Å². The zero-order valence-electron chi connectivity index (χ0n) is 19.5. The fraction of sp³-hybridized carbons (Fsp3) is 0.462. The van der Waals surface area contributed by atoms with Crippen LogP contribution in [-0.2, 0) is 38.4 Å². The second-order valence-electron chi connectivity index (χ2n) is 8.94. The number of fused-ring (bicyclic) bond motifs is 2. The molecule has 0 spiro atoms. The Kier molecular flexibility index (Phi) is 8.40. The highest BCUT2D eigenvalue weighted by Crippen LogP contribution is 2.44. The number of rotatable bonds is 10. The summed E-state index contributed by atoms with van der Waals surface area (Å²) in [7, 11) is 0. The molecule has 1 aromatic carbocycles. The second-order valence-corrected chi connectivity index (χ2v) is 8.94. The van der Waals surface area contributed by atoms with E-state index in [0.717, 1.165) is 17.7 Å². The van der Waals surface area contributed by atoms with Crippen LogP contribution >= 0.6 is 0 Å². The van der Waals surface area contributed by atoms with Gasteiger partial charge < -0.3 is 24.4 Å². The number of aliphatic hydroxyl groups excluding tert-OH is 2. The average molecular weight is 508 g/mol. The van der Waals surface area contributed by atoms with Gasteiger partial charge in [0.1, 0.15) is 18.2 Å². The number of hydrogen-bond donors (Lipinski definition) is 2. The van der Waals surface area contributed by atoms with Crippen molar-refractivity contribution < 1.29 is 42.4 Å². The van der Waals surface area contributed by atoms with E-state index in [4.69, 9.17) is 14.2 Å². The Morgan fingerprint density at radius 2 is 1.75 bits per heavy atom. The predicted molar refractivity (Wildman–Crippen MR) is 122 cm³/mol. The quantitative estimate of drug-likeness (QED) is 0.212. The summed E-state index contributed by atoms with van der Waals surface area (Å²) in [6.07, 6.45) is -4.04. The number of benzene rings is 1. The molecule has 36 heavy (non-hydrogen) atoms. The first kappa shape index (κ1) is 26.3. The lowest BCUT2D eigenvalue weighted by Crippen LogP contribution is -2.34. The van der Waals surface area contributed by atoms with Crippen LogP contribution in [0.5, 0.6) is 0 Å². The summed E-state index contributed by atoms with van der Waals surface area (Å²) in [6.45, 7) is 0.188. The number of ketones is 1. The SMILES string of the molecule is O=C1/C(=C(\O)c2ccc(C(F)(F)F)nc2COCCOCOCc2ccccc2)C(O)C2CCC1C2. The number of aliphatic hydroxyl groups is 2. The van der Waals surface area contributed by atoms with Crippen LogP contribution in [0.25, 0.3) is 5.76 Å². The van der Waals surface area contributed by atoms with Crippen molar-refractivity contribution in [3.05, 3.63) is 70.6 Å². The molecule has 1 aromatic heterocycles. The van der Waals surface area contributed by atoms with Crippen molar-refractivity contribution in [2.75, 3.05) is 20.0 Å². The molecule has 7 nitrogen and oxygen atoms in total. The number of alkyl halides is 3. The second kappa shape index (κ2) is 11.5. The number of carbonyl (C=O) groups is 1. The zero-order chi connectivity index (χ0) is 25.7. The van der Waals surface area contributed by atoms with Gasteiger partial charge in [0.15, 0.2) is 5.78 Å². The van der Waals surface area contributed by atoms with Gasteiger partial charge in [-0.1, -0.05) is 30.3 Å². The molecule has 194 valence electrons. The third-order valence-corrected chi connectivity index (χ3v) is 6.52. The largest absolute Gasteiger partial charge is 0.507 e. The lowest BCUT2D eigenvalue weighted by atomic mass is 9.80. The highest BCUT2D eigenvalue weighted by atomic mass is 19.4. The molecule has 0 aliphatic heterocycles. The lowest BCUT2D eigenvalue weighted by Gasteiger charge is -2.27. The molecule has 4 rings (SSSR count). The molecule has 0 saturated heterocycles. The van der Waals surface area contributed by atoms with E-state index < -0.39 is 23.7 Å². The van der Waals surface area contributed by atoms with Crippen molar-refractivity contribution in [2.24, 2.45) is 11.8 Å². The number of pyridine rings is 1. The Labute approximate surface area is 206 Å². The summed E-state index contributed by atoms with van der Waals surface area (Å²) < 4.78 is 56.0. The summed E-state index contributed by atoms with van der Waals surface area (Å²) in [6, 6.07) is 11.3. The van der Waals surface area contributed by atoms with E-state index in [-0.39, 0.29) is 61.1 Å². The van der Waals surface area contributed by atoms with Crippen LogP contribution in [0.2, 0.25) is 0 Å². The van der Waals surface area contributed by atoms with Gasteiger partial charge in [-0.2, -0.15) is 13.2 Å². The Morgan fingerprint density at radius 3 is 2.50 bits per heavy atom. The summed E-state index contributed by atoms with van der Waals surface area (Å²) in [5.74, 6) is -1.37. The van der Waals surface area contributed by atoms with Gasteiger partial charge in [-0.05, 0) is 42.9 Å². The van der Waals surface area contributed by atoms with Crippen molar-refractivity contribution >= 4 is 11.5 Å². The fourth-order valence-corrected chi connectivity index (χ4v) is 4.67. The normalized spacial score (nSPS) is 23.2. The first-order chi connectivity index (χ1) is 17.3. The molecule has 2 bridgehead atoms. The summed E-state index contributed by atoms with van der Waals surface area (Å²) in [5.41, 5.74) is -0.574. The van der Waals surface area contributed by atoms with Crippen LogP contribution in [0.15, 0.2) is 48.0 Å². The topological polar surface area (TPSA) is 98.1 Å². The van der Waals surface area contributed by atoms with Crippen molar-refractivity contribution in [2.45, 2.75) is 44.8 Å². The van der Waals surface area contributed by atoms with Crippen molar-refractivity contribution in [1.82, 2.24) is 4.98 Å². The van der Waals surface area contributed by atoms with Crippen LogP contribution < -0.4 is 0 Å². The van der Waals surface area contributed by atoms with E-state index in [0.29, 0.717) is 25.9 Å². The van der Waals surface area contributed by atoms with Crippen LogP contribution in [0, 0.1) is 11.8 Å². The molecule has 2 aliphatic carbocycles. The molecule has 0 amide bonds. The standard InChI is InChI=1S/C26H28F3NO6/c27-26(28,29)21-9-8-19(25(33)22-23(31)17-6-7-18(12-17)24(22)32)20(30-21)14-34-10-11-35-15-36-13-16-4-2-1-3-5-16/h1-5,8-9,17-18,23,31,33H,6-7,10-15H2/b25-22-. The Morgan fingerprint density at radius 1 is 1.00 bits per heavy atom. The van der Waals surface area contributed by atoms with Gasteiger partial charge >= 0.3 is 6.18 Å². The van der Waals surface area contributed by atoms with E-state index in [1.807, 2.05) is 30.3 Å². The molecule has 3 unspecified atom stereocenters. The molecule has 2 aromatic rings. The molecule has 0 radical (unpaired) electrons. The van der Waals surface area contributed by atoms with E-state index in [9.17, 15) is 28.2 Å². The first-order valence-corrected chi connectivity index (χ1v) is 11.8. The first-order valence-electron chi connectivity index (χ1n) is 11.8. The van der Waals surface area contributed by atoms with Crippen LogP contribution in [0.1, 0.15) is 41.8 Å². The van der Waals surface area contributed by atoms with Crippen molar-refractivity contribution in [1.29, 1.82) is 0 Å². The smallest absolute Gasteiger partial charge is 0.433 e. The third-order valence-electron chi connectivity index (χ3n) is 6.52. The predicted octanol–water partition coefficient (Wildman–Crippen LogP) is 4.44. The van der Waals surface area contributed by atoms with Crippen LogP contribution in [0.3, 0.4) is 0 Å². The van der Waals surface area contributed by atoms with Gasteiger partial charge in [-0.3, -0.25) is 4.79 Å². The van der Waals surface area contributed by atoms with E-state index in [1.165, 1.54) is 0 Å². The fourth-order valence-electron chi connectivity index (χ4n) is 4.67. The van der Waals surface area contributed by atoms with Gasteiger partial charge in [0.25, 0.3) is 0 Å². The molecule has 3 atom stereocenters. The molecular weight excluding hydrogens is 479 g/mol. The monoisotopic (exact) mass is 507 g/mol. The van der Waals surface area contributed by atoms with E-state index >= 15 is 0 Å². The van der Waals surface area contributed by atoms with E-state index in [1.54, 1.807) is 0 Å². The number of nitrogens with zero attached hydrogens (tertiary/aromatic N) is 1. The number of ether oxygens (including phenoxy) is 3. The third kappa shape index (κ3) is 6.12. The van der Waals surface area contributed by atoms with Crippen LogP contribution in [-0.4, -0.2) is 47.1 Å². The Balaban J connectivity index is 1.39. The lowest BCUT2D eigenvalue weighted by molar-refractivity contribution is -0.141. The number of halogens is 3. The maximum absolute atomic E-state index is 13.3. The maximum Gasteiger partial charge on any atom is 0.433 e. The summed E-state index contributed by atoms with van der Waals surface area (Å²) >= 11 is 0. The maximum atomic E-state index is 13.3. The minimum Gasteiger partial charge on any atom is -0.507 e. The molecule has 2 saturated carbocycles. The van der Waals surface area contributed by atoms with Gasteiger partial charge in [-0.25, -0.2) is 4.98 Å². The molecule has 10 heteroatoms. The highest BCUT2D eigenvalue weighted by Gasteiger charge is 2.45. The van der Waals surface area contributed by atoms with Crippen molar-refractivity contribution in [3.8, 4) is 0 Å². The highest BCUT2D eigenvalue weighted by molar-refractivity contribution is 6.05. The molecule has 2 aliphatic rings. The molecule has 2 fully saturated rings. The number of aromatic nitrogens is 1. The minimum atomic E-state index is -4.70. The Hall–Kier alpha value is -2.79. The van der Waals surface area contributed by atoms with Crippen LogP contribution in [0.4, 0.5) is 13.2 Å². The molecular formula is C26H28F3NO6. The van der Waals surface area contributed by atoms with E-state index in [2.05, 4.69) is 4.98 Å². The number of carbonyl (C=O) groups excluding carboxylic acids is 1. The summed E-state index contributed by atoms with van der Waals surface area (Å²) in [4.78, 5) is 16.4. The number of hydrogen-bond acceptors (Lipinski definition) is 7. The summed E-state index contributed by atoms with van der Waals surface area (Å²) in [5, 5.41) is 21.5. The minimum absolute atomic E-state index is 0.0144. The Bertz CT molecular complexity index is 1090. The zero-order valence-corrected chi connectivity index (χ0v) is 19.5. The molecule has 1 heterocycles. The van der Waals surface area contributed by atoms with Gasteiger partial charge in [-0.15, -0.1) is 0 Å². The van der Waals surface area contributed by atoms with Crippen molar-refractivity contribution in [3.63, 3.8) is 0 Å². The number of Topliss-reactive ketones (excluding diaryl/α,β-unsaturated/α-hetero) is 1.